The number of carboxylic acids is 1. The minimum absolute atomic E-state index is 0.297. The van der Waals surface area contributed by atoms with E-state index in [-0.39, 0.29) is 0 Å². The molecule has 146 valence electrons. The summed E-state index contributed by atoms with van der Waals surface area (Å²) in [5.74, 6) is -0.908. The molecule has 0 radical (unpaired) electrons. The maximum atomic E-state index is 11.1. The van der Waals surface area contributed by atoms with E-state index in [4.69, 9.17) is 10.1 Å². The molecule has 1 heterocycles. The van der Waals surface area contributed by atoms with Crippen LogP contribution in [0.3, 0.4) is 0 Å². The van der Waals surface area contributed by atoms with Crippen LogP contribution in [0.1, 0.15) is 16.8 Å². The average molecular weight is 467 g/mol. The molecule has 0 amide bonds. The number of carboxylic acid groups (broad SMARTS) is 1. The Hall–Kier alpha value is -2.53. The standard InChI is InChI=1S/C23H20N2O2SSe/c26-22(27)17-11-13-18(14-12-17)28-23-24-20-9-4-5-10-21(20)25(23)15-6-16-29-19-7-2-1-3-8-19/h1-5,7-14H,6,15-16H2,(H,26,27). The summed E-state index contributed by atoms with van der Waals surface area (Å²) >= 11 is 2.06. The van der Waals surface area contributed by atoms with E-state index in [1.54, 1.807) is 23.9 Å². The molecule has 6 heteroatoms. The molecule has 0 bridgehead atoms. The summed E-state index contributed by atoms with van der Waals surface area (Å²) in [7, 11) is 0. The van der Waals surface area contributed by atoms with E-state index in [0.29, 0.717) is 20.5 Å². The number of aromatic carboxylic acids is 1. The molecule has 0 aliphatic heterocycles. The van der Waals surface area contributed by atoms with Gasteiger partial charge in [-0.2, -0.15) is 0 Å². The average Bonchev–Trinajstić information content (AvgIpc) is 3.09. The molecule has 0 aliphatic rings. The second-order valence-electron chi connectivity index (χ2n) is 6.48. The van der Waals surface area contributed by atoms with Gasteiger partial charge in [0.05, 0.1) is 0 Å². The Morgan fingerprint density at radius 1 is 0.966 bits per heavy atom. The van der Waals surface area contributed by atoms with E-state index in [1.807, 2.05) is 30.3 Å². The number of hydrogen-bond acceptors (Lipinski definition) is 3. The zero-order valence-electron chi connectivity index (χ0n) is 15.7. The molecule has 4 aromatic rings. The van der Waals surface area contributed by atoms with Crippen LogP contribution in [-0.2, 0) is 6.54 Å². The summed E-state index contributed by atoms with van der Waals surface area (Å²) in [6.07, 6.45) is 1.10. The third-order valence-electron chi connectivity index (χ3n) is 4.47. The molecule has 0 saturated carbocycles. The van der Waals surface area contributed by atoms with Crippen molar-refractivity contribution in [3.8, 4) is 0 Å². The molecule has 1 aromatic heterocycles. The number of rotatable bonds is 8. The van der Waals surface area contributed by atoms with E-state index >= 15 is 0 Å². The van der Waals surface area contributed by atoms with Crippen LogP contribution in [0.4, 0.5) is 0 Å². The molecular weight excluding hydrogens is 447 g/mol. The second-order valence-corrected chi connectivity index (χ2v) is 9.97. The van der Waals surface area contributed by atoms with Gasteiger partial charge >= 0.3 is 180 Å². The number of fused-ring (bicyclic) bond motifs is 1. The summed E-state index contributed by atoms with van der Waals surface area (Å²) in [4.78, 5) is 16.9. The fourth-order valence-corrected chi connectivity index (χ4v) is 5.78. The first kappa shape index (κ1) is 19.8. The molecule has 0 unspecified atom stereocenters. The van der Waals surface area contributed by atoms with Crippen LogP contribution >= 0.6 is 11.8 Å². The zero-order valence-corrected chi connectivity index (χ0v) is 18.2. The quantitative estimate of drug-likeness (QED) is 0.301. The molecule has 1 N–H and O–H groups in total. The summed E-state index contributed by atoms with van der Waals surface area (Å²) in [6, 6.07) is 25.8. The van der Waals surface area contributed by atoms with Gasteiger partial charge in [0.1, 0.15) is 0 Å². The SMILES string of the molecule is O=C(O)c1ccc(Sc2nc3ccccc3n2CCC[Se]c2ccccc2)cc1. The molecule has 29 heavy (non-hydrogen) atoms. The Morgan fingerprint density at radius 3 is 2.45 bits per heavy atom. The van der Waals surface area contributed by atoms with Crippen molar-refractivity contribution in [2.45, 2.75) is 28.3 Å². The van der Waals surface area contributed by atoms with Gasteiger partial charge in [0, 0.05) is 0 Å². The van der Waals surface area contributed by atoms with Crippen LogP contribution in [0.15, 0.2) is 88.9 Å². The number of aromatic nitrogens is 2. The molecule has 4 rings (SSSR count). The Kier molecular flexibility index (Phi) is 6.35. The maximum absolute atomic E-state index is 11.1. The number of para-hydroxylation sites is 2. The topological polar surface area (TPSA) is 55.1 Å². The molecule has 4 nitrogen and oxygen atoms in total. The van der Waals surface area contributed by atoms with Gasteiger partial charge in [-0.25, -0.2) is 0 Å². The van der Waals surface area contributed by atoms with Crippen LogP contribution in [-0.4, -0.2) is 35.6 Å². The van der Waals surface area contributed by atoms with E-state index in [2.05, 4.69) is 41.0 Å². The van der Waals surface area contributed by atoms with Crippen molar-refractivity contribution in [1.29, 1.82) is 0 Å². The third-order valence-corrected chi connectivity index (χ3v) is 7.77. The van der Waals surface area contributed by atoms with Crippen molar-refractivity contribution in [3.05, 3.63) is 84.4 Å². The summed E-state index contributed by atoms with van der Waals surface area (Å²) in [6.45, 7) is 0.921. The Labute approximate surface area is 180 Å². The Balaban J connectivity index is 1.50. The van der Waals surface area contributed by atoms with Crippen LogP contribution in [0.2, 0.25) is 5.32 Å². The predicted octanol–water partition coefficient (Wildman–Crippen LogP) is 4.72. The van der Waals surface area contributed by atoms with E-state index in [1.165, 1.54) is 9.78 Å². The van der Waals surface area contributed by atoms with Gasteiger partial charge in [0.2, 0.25) is 0 Å². The van der Waals surface area contributed by atoms with Crippen LogP contribution in [0.25, 0.3) is 11.0 Å². The number of hydrogen-bond donors (Lipinski definition) is 1. The second kappa shape index (κ2) is 9.31. The van der Waals surface area contributed by atoms with Gasteiger partial charge in [0.25, 0.3) is 0 Å². The fraction of sp³-hybridized carbons (Fsp3) is 0.130. The number of aryl methyl sites for hydroxylation is 1. The Morgan fingerprint density at radius 2 is 1.69 bits per heavy atom. The molecule has 0 spiro atoms. The van der Waals surface area contributed by atoms with Gasteiger partial charge in [0.15, 0.2) is 0 Å². The number of benzene rings is 3. The molecular formula is C23H20N2O2SSe. The van der Waals surface area contributed by atoms with Crippen molar-refractivity contribution < 1.29 is 9.90 Å². The van der Waals surface area contributed by atoms with Gasteiger partial charge in [-0.1, -0.05) is 0 Å². The molecule has 0 fully saturated rings. The van der Waals surface area contributed by atoms with Gasteiger partial charge in [-0.3, -0.25) is 0 Å². The van der Waals surface area contributed by atoms with Crippen LogP contribution in [0.5, 0.6) is 0 Å². The van der Waals surface area contributed by atoms with Crippen molar-refractivity contribution in [1.82, 2.24) is 9.55 Å². The van der Waals surface area contributed by atoms with Gasteiger partial charge < -0.3 is 0 Å². The monoisotopic (exact) mass is 468 g/mol. The van der Waals surface area contributed by atoms with Crippen LogP contribution < -0.4 is 4.46 Å². The van der Waals surface area contributed by atoms with Gasteiger partial charge in [-0.15, -0.1) is 0 Å². The molecule has 0 aliphatic carbocycles. The zero-order chi connectivity index (χ0) is 20.1. The summed E-state index contributed by atoms with van der Waals surface area (Å²) < 4.78 is 3.72. The van der Waals surface area contributed by atoms with E-state index < -0.39 is 5.97 Å². The van der Waals surface area contributed by atoms with Crippen LogP contribution in [0, 0.1) is 0 Å². The molecule has 3 aromatic carbocycles. The van der Waals surface area contributed by atoms with E-state index in [9.17, 15) is 4.79 Å². The summed E-state index contributed by atoms with van der Waals surface area (Å²) in [5, 5.41) is 11.2. The molecule has 0 saturated heterocycles. The van der Waals surface area contributed by atoms with E-state index in [0.717, 1.165) is 34.1 Å². The van der Waals surface area contributed by atoms with Crippen molar-refractivity contribution >= 4 is 48.2 Å². The minimum atomic E-state index is -0.908. The van der Waals surface area contributed by atoms with Crippen molar-refractivity contribution in [2.75, 3.05) is 0 Å². The van der Waals surface area contributed by atoms with Gasteiger partial charge in [-0.05, 0) is 0 Å². The normalized spacial score (nSPS) is 11.0. The third kappa shape index (κ3) is 4.91. The van der Waals surface area contributed by atoms with Crippen molar-refractivity contribution in [2.24, 2.45) is 0 Å². The Bertz CT molecular complexity index is 1110. The number of imidazole rings is 1. The van der Waals surface area contributed by atoms with Crippen molar-refractivity contribution in [3.63, 3.8) is 0 Å². The first-order chi connectivity index (χ1) is 14.2. The molecule has 0 atom stereocenters. The first-order valence-electron chi connectivity index (χ1n) is 9.35. The fourth-order valence-electron chi connectivity index (χ4n) is 3.05. The summed E-state index contributed by atoms with van der Waals surface area (Å²) in [5.41, 5.74) is 2.43. The number of nitrogens with zero attached hydrogens (tertiary/aromatic N) is 2. The predicted molar refractivity (Wildman–Crippen MR) is 119 cm³/mol. The number of carbonyl (C=O) groups is 1. The first-order valence-corrected chi connectivity index (χ1v) is 12.2.